The molecule has 0 amide bonds. The van der Waals surface area contributed by atoms with Crippen molar-refractivity contribution in [2.75, 3.05) is 0 Å². The van der Waals surface area contributed by atoms with Crippen molar-refractivity contribution in [1.82, 2.24) is 29.4 Å². The van der Waals surface area contributed by atoms with Gasteiger partial charge in [0.15, 0.2) is 11.5 Å². The van der Waals surface area contributed by atoms with Gasteiger partial charge >= 0.3 is 0 Å². The lowest BCUT2D eigenvalue weighted by Gasteiger charge is -2.17. The number of fused-ring (bicyclic) bond motifs is 5. The highest BCUT2D eigenvalue weighted by Gasteiger charge is 2.25. The number of hydrogen-bond donors (Lipinski definition) is 0. The van der Waals surface area contributed by atoms with E-state index in [4.69, 9.17) is 0 Å². The standard InChI is InChI=1S/C18H16F4N6S/c1-8-2-3-9-12(4-8)29-18-14(9)17-24-13(26-28(17)7-23-18)6-27-11(16(21)22)5-10(25-27)15(19)20/h5,7-8,15-16H,2-4,6H2,1H3/t8-/m1/s1. The lowest BCUT2D eigenvalue weighted by molar-refractivity contribution is 0.139. The first-order valence-corrected chi connectivity index (χ1v) is 10.0. The highest BCUT2D eigenvalue weighted by Crippen LogP contribution is 2.38. The van der Waals surface area contributed by atoms with Crippen molar-refractivity contribution in [3.63, 3.8) is 0 Å². The Kier molecular flexibility index (Phi) is 4.30. The van der Waals surface area contributed by atoms with Crippen LogP contribution in [-0.2, 0) is 19.4 Å². The first kappa shape index (κ1) is 18.5. The maximum Gasteiger partial charge on any atom is 0.282 e. The first-order chi connectivity index (χ1) is 13.9. The van der Waals surface area contributed by atoms with Gasteiger partial charge in [0.05, 0.1) is 5.39 Å². The molecule has 1 aliphatic carbocycles. The third-order valence-electron chi connectivity index (χ3n) is 5.24. The fourth-order valence-electron chi connectivity index (χ4n) is 3.85. The van der Waals surface area contributed by atoms with E-state index in [2.05, 4.69) is 27.1 Å². The van der Waals surface area contributed by atoms with E-state index in [9.17, 15) is 17.6 Å². The summed E-state index contributed by atoms with van der Waals surface area (Å²) in [6, 6.07) is 0.724. The predicted octanol–water partition coefficient (Wildman–Crippen LogP) is 4.58. The molecule has 1 atom stereocenters. The average molecular weight is 424 g/mol. The fraction of sp³-hybridized carbons (Fsp3) is 0.444. The molecule has 0 saturated heterocycles. The van der Waals surface area contributed by atoms with Crippen LogP contribution < -0.4 is 0 Å². The van der Waals surface area contributed by atoms with Crippen LogP contribution >= 0.6 is 11.3 Å². The normalized spacial score (nSPS) is 17.1. The molecule has 4 aromatic heterocycles. The number of hydrogen-bond acceptors (Lipinski definition) is 5. The van der Waals surface area contributed by atoms with E-state index in [1.54, 1.807) is 17.7 Å². The highest BCUT2D eigenvalue weighted by molar-refractivity contribution is 7.19. The van der Waals surface area contributed by atoms with E-state index in [0.717, 1.165) is 40.2 Å². The van der Waals surface area contributed by atoms with E-state index in [1.807, 2.05) is 0 Å². The molecular weight excluding hydrogens is 408 g/mol. The minimum absolute atomic E-state index is 0.217. The summed E-state index contributed by atoms with van der Waals surface area (Å²) in [6.45, 7) is 2.00. The minimum Gasteiger partial charge on any atom is -0.256 e. The zero-order chi connectivity index (χ0) is 20.3. The lowest BCUT2D eigenvalue weighted by Crippen LogP contribution is -2.08. The van der Waals surface area contributed by atoms with E-state index >= 15 is 0 Å². The maximum absolute atomic E-state index is 13.2. The molecule has 0 N–H and O–H groups in total. The van der Waals surface area contributed by atoms with Crippen molar-refractivity contribution in [2.45, 2.75) is 45.6 Å². The largest absolute Gasteiger partial charge is 0.282 e. The van der Waals surface area contributed by atoms with Gasteiger partial charge in [0.25, 0.3) is 12.9 Å². The minimum atomic E-state index is -2.92. The van der Waals surface area contributed by atoms with E-state index in [-0.39, 0.29) is 12.4 Å². The van der Waals surface area contributed by atoms with Gasteiger partial charge < -0.3 is 0 Å². The summed E-state index contributed by atoms with van der Waals surface area (Å²) in [7, 11) is 0. The Hall–Kier alpha value is -2.56. The molecule has 0 aromatic carbocycles. The van der Waals surface area contributed by atoms with Gasteiger partial charge in [-0.3, -0.25) is 4.68 Å². The highest BCUT2D eigenvalue weighted by atomic mass is 32.1. The van der Waals surface area contributed by atoms with Gasteiger partial charge in [-0.25, -0.2) is 32.0 Å². The lowest BCUT2D eigenvalue weighted by atomic mass is 9.89. The molecule has 0 aliphatic heterocycles. The van der Waals surface area contributed by atoms with Crippen LogP contribution in [0.5, 0.6) is 0 Å². The molecule has 5 rings (SSSR count). The van der Waals surface area contributed by atoms with Crippen molar-refractivity contribution < 1.29 is 17.6 Å². The van der Waals surface area contributed by atoms with Crippen molar-refractivity contribution in [3.05, 3.63) is 40.0 Å². The summed E-state index contributed by atoms with van der Waals surface area (Å²) >= 11 is 1.65. The predicted molar refractivity (Wildman–Crippen MR) is 98.6 cm³/mol. The van der Waals surface area contributed by atoms with Gasteiger partial charge in [-0.15, -0.1) is 16.4 Å². The third kappa shape index (κ3) is 3.07. The molecule has 0 spiro atoms. The molecular formula is C18H16F4N6S. The summed E-state index contributed by atoms with van der Waals surface area (Å²) in [5.41, 5.74) is 0.572. The summed E-state index contributed by atoms with van der Waals surface area (Å²) in [4.78, 5) is 11.2. The van der Waals surface area contributed by atoms with Gasteiger partial charge in [-0.1, -0.05) is 6.92 Å². The molecule has 0 fully saturated rings. The van der Waals surface area contributed by atoms with E-state index < -0.39 is 24.2 Å². The van der Waals surface area contributed by atoms with Crippen LogP contribution in [0.1, 0.15) is 53.8 Å². The van der Waals surface area contributed by atoms with Crippen LogP contribution in [0.15, 0.2) is 12.4 Å². The van der Waals surface area contributed by atoms with Crippen LogP contribution in [0.25, 0.3) is 15.9 Å². The summed E-state index contributed by atoms with van der Waals surface area (Å²) < 4.78 is 54.6. The molecule has 0 unspecified atom stereocenters. The number of nitrogens with zero attached hydrogens (tertiary/aromatic N) is 6. The molecule has 4 aromatic rings. The Balaban J connectivity index is 1.58. The van der Waals surface area contributed by atoms with Gasteiger partial charge in [-0.2, -0.15) is 5.10 Å². The van der Waals surface area contributed by atoms with Crippen molar-refractivity contribution in [1.29, 1.82) is 0 Å². The molecule has 1 aliphatic rings. The van der Waals surface area contributed by atoms with E-state index in [0.29, 0.717) is 11.6 Å². The van der Waals surface area contributed by atoms with Crippen LogP contribution in [0.2, 0.25) is 0 Å². The van der Waals surface area contributed by atoms with Crippen molar-refractivity contribution in [3.8, 4) is 0 Å². The Morgan fingerprint density at radius 2 is 2.03 bits per heavy atom. The van der Waals surface area contributed by atoms with Crippen molar-refractivity contribution >= 4 is 27.2 Å². The average Bonchev–Trinajstić information content (AvgIpc) is 3.35. The Bertz CT molecular complexity index is 1210. The van der Waals surface area contributed by atoms with Gasteiger partial charge in [0.2, 0.25) is 0 Å². The maximum atomic E-state index is 13.2. The smallest absolute Gasteiger partial charge is 0.256 e. The van der Waals surface area contributed by atoms with Crippen LogP contribution in [0.3, 0.4) is 0 Å². The third-order valence-corrected chi connectivity index (χ3v) is 6.41. The molecule has 0 bridgehead atoms. The van der Waals surface area contributed by atoms with Crippen molar-refractivity contribution in [2.24, 2.45) is 5.92 Å². The number of halogens is 4. The zero-order valence-electron chi connectivity index (χ0n) is 15.3. The topological polar surface area (TPSA) is 60.9 Å². The summed E-state index contributed by atoms with van der Waals surface area (Å²) in [6.07, 6.45) is -1.28. The Morgan fingerprint density at radius 1 is 1.21 bits per heavy atom. The first-order valence-electron chi connectivity index (χ1n) is 9.19. The molecule has 6 nitrogen and oxygen atoms in total. The zero-order valence-corrected chi connectivity index (χ0v) is 16.1. The second-order valence-corrected chi connectivity index (χ2v) is 8.41. The van der Waals surface area contributed by atoms with Gasteiger partial charge in [0.1, 0.15) is 29.1 Å². The second kappa shape index (κ2) is 6.75. The van der Waals surface area contributed by atoms with Crippen LogP contribution in [0.4, 0.5) is 17.6 Å². The molecule has 4 heterocycles. The second-order valence-electron chi connectivity index (χ2n) is 7.33. The SMILES string of the molecule is C[C@@H]1CCc2c(sc3ncn4nc(Cn5nc(C(F)F)cc5C(F)F)nc4c23)C1. The Labute approximate surface area is 166 Å². The Morgan fingerprint density at radius 3 is 2.79 bits per heavy atom. The van der Waals surface area contributed by atoms with Gasteiger partial charge in [-0.05, 0) is 36.8 Å². The quantitative estimate of drug-likeness (QED) is 0.450. The molecule has 0 radical (unpaired) electrons. The number of rotatable bonds is 4. The van der Waals surface area contributed by atoms with Gasteiger partial charge in [0, 0.05) is 4.88 Å². The summed E-state index contributed by atoms with van der Waals surface area (Å²) in [5.74, 6) is 0.839. The number of aryl methyl sites for hydroxylation is 1. The van der Waals surface area contributed by atoms with E-state index in [1.165, 1.54) is 15.0 Å². The summed E-state index contributed by atoms with van der Waals surface area (Å²) in [5, 5.41) is 8.87. The van der Waals surface area contributed by atoms with Crippen LogP contribution in [-0.4, -0.2) is 29.4 Å². The number of aromatic nitrogens is 6. The fourth-order valence-corrected chi connectivity index (χ4v) is 5.19. The molecule has 152 valence electrons. The van der Waals surface area contributed by atoms with Crippen LogP contribution in [0, 0.1) is 5.92 Å². The molecule has 0 saturated carbocycles. The number of thiophene rings is 1. The monoisotopic (exact) mass is 424 g/mol. The molecule has 29 heavy (non-hydrogen) atoms. The number of alkyl halides is 4. The molecule has 11 heteroatoms.